The standard InChI is InChI=1S/C23H18Cl2O4/c1-28-22-4-2-3-17(8-12-21(27)16-6-9-18(26)10-7-16)23(22)29-14-15-5-11-19(24)20(25)13-15/h2-13,26H,14H2,1H3/b12-8+. The van der Waals surface area contributed by atoms with Crippen LogP contribution in [0.1, 0.15) is 21.5 Å². The second-order valence-electron chi connectivity index (χ2n) is 6.16. The fourth-order valence-electron chi connectivity index (χ4n) is 2.65. The lowest BCUT2D eigenvalue weighted by Gasteiger charge is -2.14. The van der Waals surface area contributed by atoms with Crippen LogP contribution in [0.15, 0.2) is 66.7 Å². The van der Waals surface area contributed by atoms with Crippen molar-refractivity contribution in [3.63, 3.8) is 0 Å². The normalized spacial score (nSPS) is 10.9. The van der Waals surface area contributed by atoms with Crippen LogP contribution in [0.4, 0.5) is 0 Å². The minimum atomic E-state index is -0.191. The molecule has 6 heteroatoms. The number of rotatable bonds is 7. The van der Waals surface area contributed by atoms with Crippen LogP contribution < -0.4 is 9.47 Å². The number of ether oxygens (including phenoxy) is 2. The maximum absolute atomic E-state index is 12.4. The minimum Gasteiger partial charge on any atom is -0.508 e. The third-order valence-electron chi connectivity index (χ3n) is 4.16. The number of carbonyl (C=O) groups is 1. The first-order valence-electron chi connectivity index (χ1n) is 8.73. The molecule has 0 saturated carbocycles. The van der Waals surface area contributed by atoms with Gasteiger partial charge in [0.15, 0.2) is 17.3 Å². The van der Waals surface area contributed by atoms with E-state index in [1.807, 2.05) is 18.2 Å². The SMILES string of the molecule is COc1cccc(/C=C/C(=O)c2ccc(O)cc2)c1OCc1ccc(Cl)c(Cl)c1. The summed E-state index contributed by atoms with van der Waals surface area (Å²) in [6, 6.07) is 16.8. The number of phenolic OH excluding ortho intramolecular Hbond substituents is 1. The van der Waals surface area contributed by atoms with Gasteiger partial charge in [-0.15, -0.1) is 0 Å². The predicted octanol–water partition coefficient (Wildman–Crippen LogP) is 6.18. The van der Waals surface area contributed by atoms with Gasteiger partial charge in [0.1, 0.15) is 12.4 Å². The van der Waals surface area contributed by atoms with Crippen molar-refractivity contribution in [3.8, 4) is 17.2 Å². The zero-order chi connectivity index (χ0) is 20.8. The Morgan fingerprint density at radius 3 is 2.48 bits per heavy atom. The van der Waals surface area contributed by atoms with E-state index in [9.17, 15) is 9.90 Å². The second-order valence-corrected chi connectivity index (χ2v) is 6.97. The van der Waals surface area contributed by atoms with E-state index in [4.69, 9.17) is 32.7 Å². The van der Waals surface area contributed by atoms with Gasteiger partial charge < -0.3 is 14.6 Å². The highest BCUT2D eigenvalue weighted by Crippen LogP contribution is 2.33. The molecule has 0 bridgehead atoms. The van der Waals surface area contributed by atoms with Crippen molar-refractivity contribution in [1.29, 1.82) is 0 Å². The van der Waals surface area contributed by atoms with Crippen molar-refractivity contribution in [3.05, 3.63) is 93.5 Å². The van der Waals surface area contributed by atoms with Gasteiger partial charge in [-0.25, -0.2) is 0 Å². The lowest BCUT2D eigenvalue weighted by Crippen LogP contribution is -2.00. The summed E-state index contributed by atoms with van der Waals surface area (Å²) in [5.74, 6) is 0.972. The molecule has 0 fully saturated rings. The van der Waals surface area contributed by atoms with Gasteiger partial charge in [0, 0.05) is 11.1 Å². The Labute approximate surface area is 178 Å². The number of aromatic hydroxyl groups is 1. The Morgan fingerprint density at radius 2 is 1.79 bits per heavy atom. The Morgan fingerprint density at radius 1 is 1.03 bits per heavy atom. The molecule has 0 atom stereocenters. The van der Waals surface area contributed by atoms with Crippen molar-refractivity contribution in [2.75, 3.05) is 7.11 Å². The summed E-state index contributed by atoms with van der Waals surface area (Å²) in [7, 11) is 1.55. The van der Waals surface area contributed by atoms with Gasteiger partial charge in [-0.2, -0.15) is 0 Å². The van der Waals surface area contributed by atoms with Crippen LogP contribution in [0.3, 0.4) is 0 Å². The van der Waals surface area contributed by atoms with Crippen molar-refractivity contribution in [1.82, 2.24) is 0 Å². The van der Waals surface area contributed by atoms with Crippen molar-refractivity contribution in [2.45, 2.75) is 6.61 Å². The third-order valence-corrected chi connectivity index (χ3v) is 4.90. The molecule has 1 N–H and O–H groups in total. The molecule has 3 rings (SSSR count). The lowest BCUT2D eigenvalue weighted by molar-refractivity contribution is 0.104. The molecule has 0 radical (unpaired) electrons. The Kier molecular flexibility index (Phi) is 6.81. The Balaban J connectivity index is 1.82. The molecule has 0 aliphatic heterocycles. The number of benzene rings is 3. The molecule has 0 saturated heterocycles. The number of hydrogen-bond acceptors (Lipinski definition) is 4. The molecule has 0 aliphatic carbocycles. The third kappa shape index (κ3) is 5.31. The summed E-state index contributed by atoms with van der Waals surface area (Å²) in [4.78, 5) is 12.4. The molecule has 0 spiro atoms. The Hall–Kier alpha value is -2.95. The van der Waals surface area contributed by atoms with E-state index in [0.29, 0.717) is 32.7 Å². The molecule has 0 aliphatic rings. The highest BCUT2D eigenvalue weighted by atomic mass is 35.5. The number of halogens is 2. The van der Waals surface area contributed by atoms with Crippen LogP contribution >= 0.6 is 23.2 Å². The minimum absolute atomic E-state index is 0.108. The molecule has 148 valence electrons. The van der Waals surface area contributed by atoms with Crippen LogP contribution in [0, 0.1) is 0 Å². The number of carbonyl (C=O) groups excluding carboxylic acids is 1. The van der Waals surface area contributed by atoms with Gasteiger partial charge in [0.2, 0.25) is 0 Å². The summed E-state index contributed by atoms with van der Waals surface area (Å²) in [5, 5.41) is 10.3. The summed E-state index contributed by atoms with van der Waals surface area (Å²) in [6.07, 6.45) is 3.12. The van der Waals surface area contributed by atoms with Gasteiger partial charge in [0.05, 0.1) is 17.2 Å². The molecular weight excluding hydrogens is 411 g/mol. The summed E-state index contributed by atoms with van der Waals surface area (Å²) in [5.41, 5.74) is 2.01. The van der Waals surface area contributed by atoms with E-state index in [2.05, 4.69) is 0 Å². The molecular formula is C23H18Cl2O4. The largest absolute Gasteiger partial charge is 0.508 e. The summed E-state index contributed by atoms with van der Waals surface area (Å²) >= 11 is 12.0. The van der Waals surface area contributed by atoms with Crippen molar-refractivity contribution >= 4 is 35.1 Å². The average Bonchev–Trinajstić information content (AvgIpc) is 2.73. The van der Waals surface area contributed by atoms with Gasteiger partial charge in [0.25, 0.3) is 0 Å². The Bertz CT molecular complexity index is 1040. The van der Waals surface area contributed by atoms with E-state index in [1.54, 1.807) is 43.5 Å². The molecule has 29 heavy (non-hydrogen) atoms. The fraction of sp³-hybridized carbons (Fsp3) is 0.0870. The van der Waals surface area contributed by atoms with Crippen LogP contribution in [-0.4, -0.2) is 18.0 Å². The lowest BCUT2D eigenvalue weighted by atomic mass is 10.1. The zero-order valence-electron chi connectivity index (χ0n) is 15.6. The zero-order valence-corrected chi connectivity index (χ0v) is 17.1. The monoisotopic (exact) mass is 428 g/mol. The van der Waals surface area contributed by atoms with E-state index in [1.165, 1.54) is 18.2 Å². The average molecular weight is 429 g/mol. The van der Waals surface area contributed by atoms with Gasteiger partial charge >= 0.3 is 0 Å². The number of methoxy groups -OCH3 is 1. The summed E-state index contributed by atoms with van der Waals surface area (Å²) in [6.45, 7) is 0.254. The van der Waals surface area contributed by atoms with Crippen LogP contribution in [0.25, 0.3) is 6.08 Å². The molecule has 3 aromatic rings. The molecule has 3 aromatic carbocycles. The van der Waals surface area contributed by atoms with Gasteiger partial charge in [-0.05, 0) is 60.2 Å². The highest BCUT2D eigenvalue weighted by Gasteiger charge is 2.11. The number of phenols is 1. The fourth-order valence-corrected chi connectivity index (χ4v) is 2.97. The number of allylic oxidation sites excluding steroid dienone is 1. The molecule has 0 amide bonds. The first-order valence-corrected chi connectivity index (χ1v) is 9.48. The molecule has 0 aromatic heterocycles. The van der Waals surface area contributed by atoms with E-state index >= 15 is 0 Å². The second kappa shape index (κ2) is 9.50. The number of ketones is 1. The van der Waals surface area contributed by atoms with Crippen LogP contribution in [0.2, 0.25) is 10.0 Å². The highest BCUT2D eigenvalue weighted by molar-refractivity contribution is 6.42. The van der Waals surface area contributed by atoms with Crippen molar-refractivity contribution < 1.29 is 19.4 Å². The van der Waals surface area contributed by atoms with E-state index in [-0.39, 0.29) is 18.1 Å². The first-order chi connectivity index (χ1) is 14.0. The first kappa shape index (κ1) is 20.8. The van der Waals surface area contributed by atoms with Crippen LogP contribution in [0.5, 0.6) is 17.2 Å². The molecule has 4 nitrogen and oxygen atoms in total. The molecule has 0 heterocycles. The predicted molar refractivity (Wildman–Crippen MR) is 115 cm³/mol. The quantitative estimate of drug-likeness (QED) is 0.360. The molecule has 0 unspecified atom stereocenters. The summed E-state index contributed by atoms with van der Waals surface area (Å²) < 4.78 is 11.4. The van der Waals surface area contributed by atoms with Crippen LogP contribution in [-0.2, 0) is 6.61 Å². The van der Waals surface area contributed by atoms with E-state index < -0.39 is 0 Å². The number of para-hydroxylation sites is 1. The van der Waals surface area contributed by atoms with Gasteiger partial charge in [-0.1, -0.05) is 41.4 Å². The maximum Gasteiger partial charge on any atom is 0.185 e. The number of hydrogen-bond donors (Lipinski definition) is 1. The van der Waals surface area contributed by atoms with Gasteiger partial charge in [-0.3, -0.25) is 4.79 Å². The topological polar surface area (TPSA) is 55.8 Å². The maximum atomic E-state index is 12.4. The van der Waals surface area contributed by atoms with Crippen molar-refractivity contribution in [2.24, 2.45) is 0 Å². The smallest absolute Gasteiger partial charge is 0.185 e. The van der Waals surface area contributed by atoms with E-state index in [0.717, 1.165) is 5.56 Å².